The topological polar surface area (TPSA) is 21.7 Å². The summed E-state index contributed by atoms with van der Waals surface area (Å²) in [5, 5.41) is 1.19. The maximum Gasteiger partial charge on any atom is 0.494 e. The normalized spacial score (nSPS) is 17.0. The Balaban J connectivity index is 0.00000182. The number of terminal acetylenes is 1. The molecule has 4 aromatic carbocycles. The molecular formula is C41H40BNO2S. The highest BCUT2D eigenvalue weighted by molar-refractivity contribution is 7.20. The van der Waals surface area contributed by atoms with Crippen molar-refractivity contribution in [1.29, 1.82) is 0 Å². The van der Waals surface area contributed by atoms with Crippen LogP contribution < -0.4 is 10.4 Å². The molecular weight excluding hydrogens is 581 g/mol. The number of nitrogens with zero attached hydrogens (tertiary/aromatic N) is 1. The monoisotopic (exact) mass is 621 g/mol. The van der Waals surface area contributed by atoms with Crippen LogP contribution in [0.3, 0.4) is 0 Å². The van der Waals surface area contributed by atoms with Gasteiger partial charge in [-0.1, -0.05) is 99.8 Å². The van der Waals surface area contributed by atoms with E-state index in [4.69, 9.17) is 9.31 Å². The molecule has 0 spiro atoms. The van der Waals surface area contributed by atoms with Crippen molar-refractivity contribution in [2.45, 2.75) is 58.2 Å². The maximum absolute atomic E-state index is 6.64. The van der Waals surface area contributed by atoms with Crippen LogP contribution in [0.1, 0.15) is 63.1 Å². The summed E-state index contributed by atoms with van der Waals surface area (Å²) in [5.74, 6) is 0. The maximum atomic E-state index is 6.64. The molecule has 1 aromatic heterocycles. The molecule has 2 aliphatic heterocycles. The first-order chi connectivity index (χ1) is 22.0. The van der Waals surface area contributed by atoms with Crippen molar-refractivity contribution in [2.75, 3.05) is 4.90 Å². The first-order valence-electron chi connectivity index (χ1n) is 15.6. The molecule has 0 bridgehead atoms. The molecule has 3 nitrogen and oxygen atoms in total. The third kappa shape index (κ3) is 4.84. The highest BCUT2D eigenvalue weighted by Gasteiger charge is 2.52. The Morgan fingerprint density at radius 1 is 0.739 bits per heavy atom. The summed E-state index contributed by atoms with van der Waals surface area (Å²) in [5.41, 5.74) is 9.41. The number of rotatable bonds is 5. The van der Waals surface area contributed by atoms with E-state index in [1.54, 1.807) is 11.3 Å². The van der Waals surface area contributed by atoms with E-state index in [1.807, 2.05) is 12.2 Å². The number of para-hydroxylation sites is 2. The SMILES string of the molecule is C#C.C=Cc1sc2c(-c3cc(B4OC(C)(C)C(C)(C)O4)cc(N4c5ccccc5C(C)(C)c5ccccc54)c3)cccc2c1C=C. The molecule has 5 aromatic rings. The van der Waals surface area contributed by atoms with E-state index in [2.05, 4.69) is 157 Å². The summed E-state index contributed by atoms with van der Waals surface area (Å²) < 4.78 is 14.5. The van der Waals surface area contributed by atoms with Crippen molar-refractivity contribution >= 4 is 63.2 Å². The quantitative estimate of drug-likeness (QED) is 0.144. The summed E-state index contributed by atoms with van der Waals surface area (Å²) in [6, 6.07) is 30.9. The van der Waals surface area contributed by atoms with E-state index in [-0.39, 0.29) is 5.41 Å². The fourth-order valence-electron chi connectivity index (χ4n) is 6.73. The van der Waals surface area contributed by atoms with Crippen LogP contribution in [0.2, 0.25) is 0 Å². The van der Waals surface area contributed by atoms with Gasteiger partial charge in [-0.2, -0.15) is 0 Å². The molecule has 0 N–H and O–H groups in total. The van der Waals surface area contributed by atoms with Crippen LogP contribution in [0.5, 0.6) is 0 Å². The Labute approximate surface area is 278 Å². The molecule has 0 unspecified atom stereocenters. The molecule has 7 rings (SSSR count). The minimum absolute atomic E-state index is 0.138. The molecule has 46 heavy (non-hydrogen) atoms. The second-order valence-corrected chi connectivity index (χ2v) is 14.4. The second-order valence-electron chi connectivity index (χ2n) is 13.4. The summed E-state index contributed by atoms with van der Waals surface area (Å²) in [6.45, 7) is 21.3. The molecule has 0 atom stereocenters. The van der Waals surface area contributed by atoms with Crippen molar-refractivity contribution in [3.8, 4) is 24.0 Å². The fraction of sp³-hybridized carbons (Fsp3) is 0.220. The van der Waals surface area contributed by atoms with Crippen LogP contribution in [0.4, 0.5) is 17.1 Å². The van der Waals surface area contributed by atoms with Crippen LogP contribution >= 0.6 is 11.3 Å². The minimum Gasteiger partial charge on any atom is -0.399 e. The number of thiophene rings is 1. The molecule has 2 aliphatic rings. The lowest BCUT2D eigenvalue weighted by molar-refractivity contribution is 0.00578. The van der Waals surface area contributed by atoms with Gasteiger partial charge in [0.05, 0.1) is 22.6 Å². The van der Waals surface area contributed by atoms with Gasteiger partial charge in [-0.25, -0.2) is 0 Å². The smallest absolute Gasteiger partial charge is 0.399 e. The van der Waals surface area contributed by atoms with Crippen molar-refractivity contribution in [1.82, 2.24) is 0 Å². The Kier molecular flexibility index (Phi) is 7.89. The minimum atomic E-state index is -0.500. The van der Waals surface area contributed by atoms with Crippen molar-refractivity contribution in [2.24, 2.45) is 0 Å². The zero-order chi connectivity index (χ0) is 33.0. The Hall–Kier alpha value is -4.34. The molecule has 0 aliphatic carbocycles. The molecule has 1 saturated heterocycles. The van der Waals surface area contributed by atoms with Gasteiger partial charge >= 0.3 is 7.12 Å². The van der Waals surface area contributed by atoms with E-state index in [0.717, 1.165) is 27.2 Å². The lowest BCUT2D eigenvalue weighted by Gasteiger charge is -2.42. The number of hydrogen-bond donors (Lipinski definition) is 0. The van der Waals surface area contributed by atoms with E-state index in [1.165, 1.54) is 38.2 Å². The van der Waals surface area contributed by atoms with E-state index < -0.39 is 18.3 Å². The van der Waals surface area contributed by atoms with Gasteiger partial charge in [-0.15, -0.1) is 24.2 Å². The van der Waals surface area contributed by atoms with Gasteiger partial charge in [-0.3, -0.25) is 0 Å². The zero-order valence-electron chi connectivity index (χ0n) is 27.6. The van der Waals surface area contributed by atoms with E-state index in [0.29, 0.717) is 0 Å². The van der Waals surface area contributed by atoms with Crippen LogP contribution in [0.25, 0.3) is 33.4 Å². The highest BCUT2D eigenvalue weighted by atomic mass is 32.1. The number of anilines is 3. The Morgan fingerprint density at radius 3 is 1.89 bits per heavy atom. The van der Waals surface area contributed by atoms with Gasteiger partial charge < -0.3 is 14.2 Å². The van der Waals surface area contributed by atoms with Gasteiger partial charge in [0.2, 0.25) is 0 Å². The van der Waals surface area contributed by atoms with Crippen LogP contribution in [-0.2, 0) is 14.7 Å². The Bertz CT molecular complexity index is 1950. The fourth-order valence-corrected chi connectivity index (χ4v) is 7.92. The first kappa shape index (κ1) is 31.6. The van der Waals surface area contributed by atoms with Crippen molar-refractivity contribution in [3.05, 3.63) is 120 Å². The summed E-state index contributed by atoms with van der Waals surface area (Å²) in [7, 11) is -0.500. The zero-order valence-corrected chi connectivity index (χ0v) is 28.4. The van der Waals surface area contributed by atoms with Gasteiger partial charge in [0.1, 0.15) is 0 Å². The lowest BCUT2D eigenvalue weighted by atomic mass is 9.73. The van der Waals surface area contributed by atoms with Gasteiger partial charge in [0.15, 0.2) is 0 Å². The molecule has 0 radical (unpaired) electrons. The molecule has 0 amide bonds. The Morgan fingerprint density at radius 2 is 1.33 bits per heavy atom. The third-order valence-corrected chi connectivity index (χ3v) is 11.1. The molecule has 230 valence electrons. The van der Waals surface area contributed by atoms with Crippen molar-refractivity contribution in [3.63, 3.8) is 0 Å². The molecule has 5 heteroatoms. The average molecular weight is 622 g/mol. The predicted molar refractivity (Wildman–Crippen MR) is 200 cm³/mol. The van der Waals surface area contributed by atoms with E-state index in [9.17, 15) is 0 Å². The lowest BCUT2D eigenvalue weighted by Crippen LogP contribution is -2.41. The summed E-state index contributed by atoms with van der Waals surface area (Å²) >= 11 is 1.76. The largest absolute Gasteiger partial charge is 0.494 e. The number of hydrogen-bond acceptors (Lipinski definition) is 4. The predicted octanol–water partition coefficient (Wildman–Crippen LogP) is 10.5. The van der Waals surface area contributed by atoms with E-state index >= 15 is 0 Å². The molecule has 3 heterocycles. The first-order valence-corrected chi connectivity index (χ1v) is 16.4. The van der Waals surface area contributed by atoms with Gasteiger partial charge in [0.25, 0.3) is 0 Å². The van der Waals surface area contributed by atoms with Crippen LogP contribution in [0, 0.1) is 12.8 Å². The summed E-state index contributed by atoms with van der Waals surface area (Å²) in [4.78, 5) is 3.54. The third-order valence-electron chi connectivity index (χ3n) is 9.84. The number of fused-ring (bicyclic) bond motifs is 3. The molecule has 1 fully saturated rings. The van der Waals surface area contributed by atoms with Crippen LogP contribution in [-0.4, -0.2) is 18.3 Å². The second kappa shape index (κ2) is 11.5. The average Bonchev–Trinajstić information content (AvgIpc) is 3.53. The summed E-state index contributed by atoms with van der Waals surface area (Å²) in [6.07, 6.45) is 11.9. The number of benzene rings is 4. The van der Waals surface area contributed by atoms with Crippen LogP contribution in [0.15, 0.2) is 98.1 Å². The standard InChI is InChI=1S/C39H38BNO2S.C2H2/c1-9-28-30-17-15-16-29(36(30)44-35(28)10-2)25-22-26(40-42-38(5,6)39(7,8)43-40)24-27(23-25)41-33-20-13-11-18-31(33)37(3,4)32-19-12-14-21-34(32)41;1-2/h9-24H,1-2H2,3-8H3;1-2H. The van der Waals surface area contributed by atoms with Crippen molar-refractivity contribution < 1.29 is 9.31 Å². The molecule has 0 saturated carbocycles. The van der Waals surface area contributed by atoms with Gasteiger partial charge in [0, 0.05) is 26.1 Å². The highest BCUT2D eigenvalue weighted by Crippen LogP contribution is 2.52. The van der Waals surface area contributed by atoms with Gasteiger partial charge in [-0.05, 0) is 85.2 Å².